The van der Waals surface area contributed by atoms with Crippen molar-refractivity contribution in [3.05, 3.63) is 110 Å². The van der Waals surface area contributed by atoms with Gasteiger partial charge in [0.1, 0.15) is 12.4 Å². The number of hydrogen-bond donors (Lipinski definition) is 0. The van der Waals surface area contributed by atoms with E-state index in [4.69, 9.17) is 9.16 Å². The molecule has 2 nitrogen and oxygen atoms in total. The van der Waals surface area contributed by atoms with Crippen LogP contribution in [-0.2, 0) is 9.16 Å². The first-order chi connectivity index (χ1) is 15.5. The number of benzene rings is 3. The minimum absolute atomic E-state index is 0.172. The van der Waals surface area contributed by atoms with E-state index in [2.05, 4.69) is 105 Å². The summed E-state index contributed by atoms with van der Waals surface area (Å²) in [6.07, 6.45) is 6.88. The smallest absolute Gasteiger partial charge is 0.183 e. The van der Waals surface area contributed by atoms with Crippen molar-refractivity contribution < 1.29 is 9.16 Å². The van der Waals surface area contributed by atoms with Gasteiger partial charge >= 0.3 is 0 Å². The van der Waals surface area contributed by atoms with Crippen LogP contribution in [0.4, 0.5) is 0 Å². The van der Waals surface area contributed by atoms with Gasteiger partial charge in [0.2, 0.25) is 0 Å². The number of allylic oxidation sites excluding steroid dienone is 1. The Bertz CT molecular complexity index is 1430. The van der Waals surface area contributed by atoms with E-state index in [0.29, 0.717) is 13.2 Å². The molecule has 0 aliphatic heterocycles. The molecule has 0 radical (unpaired) electrons. The van der Waals surface area contributed by atoms with Crippen LogP contribution in [0.5, 0.6) is 0 Å². The molecule has 5 rings (SSSR count). The average Bonchev–Trinajstić information content (AvgIpc) is 3.34. The van der Waals surface area contributed by atoms with Crippen molar-refractivity contribution in [3.8, 4) is 0 Å². The van der Waals surface area contributed by atoms with Gasteiger partial charge in [0, 0.05) is 11.5 Å². The summed E-state index contributed by atoms with van der Waals surface area (Å²) in [4.78, 5) is 0. The van der Waals surface area contributed by atoms with Crippen molar-refractivity contribution in [3.63, 3.8) is 0 Å². The monoisotopic (exact) mass is 438 g/mol. The lowest BCUT2D eigenvalue weighted by molar-refractivity contribution is 0.191. The highest BCUT2D eigenvalue weighted by Crippen LogP contribution is 2.41. The number of hydrogen-bond acceptors (Lipinski definition) is 2. The second kappa shape index (κ2) is 8.23. The Kier molecular flexibility index (Phi) is 5.40. The normalized spacial score (nSPS) is 16.8. The molecule has 162 valence electrons. The van der Waals surface area contributed by atoms with Gasteiger partial charge in [-0.2, -0.15) is 0 Å². The van der Waals surface area contributed by atoms with Crippen molar-refractivity contribution in [1.29, 1.82) is 0 Å². The van der Waals surface area contributed by atoms with Gasteiger partial charge < -0.3 is 9.16 Å². The maximum Gasteiger partial charge on any atom is 0.183 e. The molecule has 0 aromatic heterocycles. The highest BCUT2D eigenvalue weighted by Gasteiger charge is 2.28. The third-order valence-electron chi connectivity index (χ3n) is 6.25. The van der Waals surface area contributed by atoms with Gasteiger partial charge in [0.05, 0.1) is 6.61 Å². The van der Waals surface area contributed by atoms with Crippen LogP contribution in [0.3, 0.4) is 0 Å². The first kappa shape index (κ1) is 21.0. The largest absolute Gasteiger partial charge is 0.491 e. The minimum Gasteiger partial charge on any atom is -0.491 e. The van der Waals surface area contributed by atoms with Gasteiger partial charge in [-0.25, -0.2) is 0 Å². The third-order valence-corrected chi connectivity index (χ3v) is 7.32. The van der Waals surface area contributed by atoms with E-state index < -0.39 is 8.32 Å². The summed E-state index contributed by atoms with van der Waals surface area (Å²) in [6, 6.07) is 21.9. The Morgan fingerprint density at radius 2 is 1.66 bits per heavy atom. The first-order valence-electron chi connectivity index (χ1n) is 11.4. The molecule has 0 bridgehead atoms. The maximum atomic E-state index is 6.27. The SMILES string of the molecule is CC=c1ccc2c(c1C1C=C(OCCO[Si](C)(C)C)c3ccccc31)C=c1ccccc1=2. The van der Waals surface area contributed by atoms with Gasteiger partial charge in [-0.3, -0.25) is 0 Å². The molecule has 0 amide bonds. The highest BCUT2D eigenvalue weighted by atomic mass is 28.4. The first-order valence-corrected chi connectivity index (χ1v) is 14.9. The maximum absolute atomic E-state index is 6.27. The predicted molar refractivity (Wildman–Crippen MR) is 135 cm³/mol. The lowest BCUT2D eigenvalue weighted by Crippen LogP contribution is -2.27. The predicted octanol–water partition coefficient (Wildman–Crippen LogP) is 5.27. The van der Waals surface area contributed by atoms with Crippen LogP contribution in [0.1, 0.15) is 35.1 Å². The topological polar surface area (TPSA) is 18.5 Å². The van der Waals surface area contributed by atoms with E-state index >= 15 is 0 Å². The number of fused-ring (bicyclic) bond motifs is 3. The molecule has 0 N–H and O–H groups in total. The Morgan fingerprint density at radius 1 is 0.875 bits per heavy atom. The molecular formula is C29H30O2Si. The van der Waals surface area contributed by atoms with Crippen LogP contribution in [0.25, 0.3) is 17.9 Å². The van der Waals surface area contributed by atoms with Crippen LogP contribution >= 0.6 is 0 Å². The molecule has 0 fully saturated rings. The van der Waals surface area contributed by atoms with Crippen LogP contribution in [0, 0.1) is 10.4 Å². The third kappa shape index (κ3) is 3.76. The molecule has 0 saturated carbocycles. The van der Waals surface area contributed by atoms with Crippen LogP contribution in [-0.4, -0.2) is 21.5 Å². The Balaban J connectivity index is 1.60. The average molecular weight is 439 g/mol. The summed E-state index contributed by atoms with van der Waals surface area (Å²) in [6.45, 7) is 9.97. The fourth-order valence-electron chi connectivity index (χ4n) is 4.85. The molecule has 3 heteroatoms. The fourth-order valence-corrected chi connectivity index (χ4v) is 5.55. The van der Waals surface area contributed by atoms with Gasteiger partial charge in [-0.1, -0.05) is 66.7 Å². The minimum atomic E-state index is -1.53. The molecule has 2 aliphatic carbocycles. The summed E-state index contributed by atoms with van der Waals surface area (Å²) in [5, 5.41) is 5.23. The van der Waals surface area contributed by atoms with Gasteiger partial charge in [0.15, 0.2) is 8.32 Å². The van der Waals surface area contributed by atoms with Gasteiger partial charge in [-0.15, -0.1) is 0 Å². The quantitative estimate of drug-likeness (QED) is 0.302. The summed E-state index contributed by atoms with van der Waals surface area (Å²) >= 11 is 0. The zero-order valence-electron chi connectivity index (χ0n) is 19.3. The van der Waals surface area contributed by atoms with E-state index in [1.165, 1.54) is 43.1 Å². The van der Waals surface area contributed by atoms with Crippen molar-refractivity contribution in [2.75, 3.05) is 13.2 Å². The van der Waals surface area contributed by atoms with Gasteiger partial charge in [0.25, 0.3) is 0 Å². The van der Waals surface area contributed by atoms with Crippen LogP contribution < -0.4 is 10.4 Å². The van der Waals surface area contributed by atoms with E-state index in [0.717, 1.165) is 5.76 Å². The molecule has 0 saturated heterocycles. The van der Waals surface area contributed by atoms with Crippen LogP contribution in [0.2, 0.25) is 19.6 Å². The molecule has 1 atom stereocenters. The molecule has 1 unspecified atom stereocenters. The highest BCUT2D eigenvalue weighted by molar-refractivity contribution is 6.69. The lowest BCUT2D eigenvalue weighted by Gasteiger charge is -2.17. The summed E-state index contributed by atoms with van der Waals surface area (Å²) in [5.74, 6) is 1.14. The number of rotatable bonds is 6. The van der Waals surface area contributed by atoms with E-state index in [-0.39, 0.29) is 5.92 Å². The van der Waals surface area contributed by atoms with Crippen molar-refractivity contribution >= 4 is 26.2 Å². The summed E-state index contributed by atoms with van der Waals surface area (Å²) in [5.41, 5.74) is 5.21. The fraction of sp³-hybridized carbons (Fsp3) is 0.241. The van der Waals surface area contributed by atoms with E-state index in [9.17, 15) is 0 Å². The Hall–Kier alpha value is -2.88. The zero-order valence-corrected chi connectivity index (χ0v) is 20.3. The van der Waals surface area contributed by atoms with E-state index in [1.807, 2.05) is 0 Å². The zero-order chi connectivity index (χ0) is 22.3. The van der Waals surface area contributed by atoms with E-state index in [1.54, 1.807) is 0 Å². The Labute approximate surface area is 191 Å². The van der Waals surface area contributed by atoms with Crippen molar-refractivity contribution in [2.24, 2.45) is 0 Å². The summed E-state index contributed by atoms with van der Waals surface area (Å²) in [7, 11) is -1.53. The van der Waals surface area contributed by atoms with Crippen molar-refractivity contribution in [2.45, 2.75) is 32.5 Å². The molecule has 0 spiro atoms. The molecule has 2 aliphatic rings. The standard InChI is InChI=1S/C29H30O2Si/c1-5-20-14-15-24-22-11-7-6-10-21(22)18-26(24)29(20)27-19-28(25-13-9-8-12-23(25)27)30-16-17-31-32(2,3)4/h5-15,18-19,27H,16-17H2,1-4H3. The molecule has 3 aromatic carbocycles. The molecule has 32 heavy (non-hydrogen) atoms. The number of ether oxygens (including phenoxy) is 1. The van der Waals surface area contributed by atoms with Gasteiger partial charge in [-0.05, 0) is 76.3 Å². The summed E-state index contributed by atoms with van der Waals surface area (Å²) < 4.78 is 12.3. The second-order valence-corrected chi connectivity index (χ2v) is 14.0. The lowest BCUT2D eigenvalue weighted by atomic mass is 9.87. The Morgan fingerprint density at radius 3 is 2.47 bits per heavy atom. The molecular weight excluding hydrogens is 408 g/mol. The van der Waals surface area contributed by atoms with Crippen LogP contribution in [0.15, 0.2) is 66.7 Å². The molecule has 0 heterocycles. The molecule has 3 aromatic rings. The second-order valence-electron chi connectivity index (χ2n) is 9.46. The van der Waals surface area contributed by atoms with Crippen molar-refractivity contribution in [1.82, 2.24) is 0 Å².